The molecule has 2 aromatic carbocycles. The van der Waals surface area contributed by atoms with Gasteiger partial charge in [0.1, 0.15) is 6.04 Å². The fraction of sp³-hybridized carbons (Fsp3) is 0.235. The molecule has 3 heteroatoms. The molecule has 0 spiro atoms. The van der Waals surface area contributed by atoms with Crippen LogP contribution in [-0.2, 0) is 24.2 Å². The van der Waals surface area contributed by atoms with E-state index in [2.05, 4.69) is 35.6 Å². The van der Waals surface area contributed by atoms with Crippen LogP contribution in [0.25, 0.3) is 0 Å². The summed E-state index contributed by atoms with van der Waals surface area (Å²) in [5, 5.41) is 12.2. The summed E-state index contributed by atoms with van der Waals surface area (Å²) in [5.74, 6) is -0.773. The first-order chi connectivity index (χ1) is 9.74. The van der Waals surface area contributed by atoms with Crippen molar-refractivity contribution in [3.05, 3.63) is 70.8 Å². The maximum Gasteiger partial charge on any atom is 0.321 e. The van der Waals surface area contributed by atoms with Gasteiger partial charge in [-0.3, -0.25) is 4.79 Å². The Balaban J connectivity index is 1.91. The van der Waals surface area contributed by atoms with Crippen molar-refractivity contribution >= 4 is 5.97 Å². The molecule has 102 valence electrons. The lowest BCUT2D eigenvalue weighted by atomic mass is 9.89. The molecule has 0 fully saturated rings. The van der Waals surface area contributed by atoms with Gasteiger partial charge in [0.2, 0.25) is 0 Å². The van der Waals surface area contributed by atoms with E-state index in [9.17, 15) is 9.90 Å². The Bertz CT molecular complexity index is 622. The van der Waals surface area contributed by atoms with E-state index in [1.165, 1.54) is 22.3 Å². The van der Waals surface area contributed by atoms with Crippen molar-refractivity contribution in [2.45, 2.75) is 25.4 Å². The summed E-state index contributed by atoms with van der Waals surface area (Å²) < 4.78 is 0. The lowest BCUT2D eigenvalue weighted by molar-refractivity contribution is -0.139. The Labute approximate surface area is 118 Å². The fourth-order valence-electron chi connectivity index (χ4n) is 2.78. The summed E-state index contributed by atoms with van der Waals surface area (Å²) in [6, 6.07) is 16.1. The highest BCUT2D eigenvalue weighted by atomic mass is 16.4. The molecule has 0 amide bonds. The second-order valence-corrected chi connectivity index (χ2v) is 5.19. The summed E-state index contributed by atoms with van der Waals surface area (Å²) >= 11 is 0. The Morgan fingerprint density at radius 3 is 2.70 bits per heavy atom. The Morgan fingerprint density at radius 2 is 1.95 bits per heavy atom. The van der Waals surface area contributed by atoms with Gasteiger partial charge in [0, 0.05) is 6.54 Å². The smallest absolute Gasteiger partial charge is 0.321 e. The number of fused-ring (bicyclic) bond motifs is 1. The molecule has 1 atom stereocenters. The normalized spacial score (nSPS) is 17.5. The number of hydrogen-bond donors (Lipinski definition) is 2. The Morgan fingerprint density at radius 1 is 1.15 bits per heavy atom. The number of carboxylic acid groups (broad SMARTS) is 1. The number of rotatable bonds is 3. The van der Waals surface area contributed by atoms with Crippen molar-refractivity contribution in [1.82, 2.24) is 5.32 Å². The molecule has 0 unspecified atom stereocenters. The number of aliphatic carboxylic acids is 1. The first-order valence-electron chi connectivity index (χ1n) is 6.84. The van der Waals surface area contributed by atoms with Gasteiger partial charge in [0.15, 0.2) is 0 Å². The molecular formula is C17H17NO2. The number of benzene rings is 2. The first-order valence-corrected chi connectivity index (χ1v) is 6.84. The van der Waals surface area contributed by atoms with E-state index in [-0.39, 0.29) is 0 Å². The molecule has 0 saturated heterocycles. The molecule has 1 aliphatic heterocycles. The van der Waals surface area contributed by atoms with Crippen LogP contribution < -0.4 is 5.32 Å². The maximum atomic E-state index is 11.2. The lowest BCUT2D eigenvalue weighted by Crippen LogP contribution is -2.42. The van der Waals surface area contributed by atoms with E-state index in [4.69, 9.17) is 0 Å². The van der Waals surface area contributed by atoms with E-state index in [1.807, 2.05) is 18.2 Å². The van der Waals surface area contributed by atoms with Crippen LogP contribution in [0.15, 0.2) is 48.5 Å². The van der Waals surface area contributed by atoms with Crippen LogP contribution in [-0.4, -0.2) is 17.1 Å². The van der Waals surface area contributed by atoms with Gasteiger partial charge in [0.05, 0.1) is 0 Å². The largest absolute Gasteiger partial charge is 0.480 e. The minimum atomic E-state index is -0.773. The minimum absolute atomic E-state index is 0.473. The van der Waals surface area contributed by atoms with Crippen LogP contribution in [0.3, 0.4) is 0 Å². The molecule has 0 saturated carbocycles. The molecule has 2 aromatic rings. The third-order valence-corrected chi connectivity index (χ3v) is 3.85. The summed E-state index contributed by atoms with van der Waals surface area (Å²) in [7, 11) is 0. The van der Waals surface area contributed by atoms with Crippen LogP contribution in [0.1, 0.15) is 22.3 Å². The van der Waals surface area contributed by atoms with Gasteiger partial charge in [0.25, 0.3) is 0 Å². The highest BCUT2D eigenvalue weighted by molar-refractivity contribution is 5.74. The molecule has 3 nitrogen and oxygen atoms in total. The average Bonchev–Trinajstić information content (AvgIpc) is 2.48. The van der Waals surface area contributed by atoms with Crippen molar-refractivity contribution in [2.75, 3.05) is 0 Å². The summed E-state index contributed by atoms with van der Waals surface area (Å²) in [4.78, 5) is 11.2. The first kappa shape index (κ1) is 12.9. The van der Waals surface area contributed by atoms with Crippen LogP contribution in [0.2, 0.25) is 0 Å². The SMILES string of the molecule is O=C(O)[C@H]1Cc2c(cccc2Cc2ccccc2)CN1. The Hall–Kier alpha value is -2.13. The zero-order chi connectivity index (χ0) is 13.9. The van der Waals surface area contributed by atoms with Gasteiger partial charge in [-0.2, -0.15) is 0 Å². The van der Waals surface area contributed by atoms with Gasteiger partial charge < -0.3 is 10.4 Å². The van der Waals surface area contributed by atoms with Gasteiger partial charge >= 0.3 is 5.97 Å². The molecule has 3 rings (SSSR count). The second kappa shape index (κ2) is 5.47. The standard InChI is InChI=1S/C17H17NO2/c19-17(20)16-10-15-13(7-4-8-14(15)11-18-16)9-12-5-2-1-3-6-12/h1-8,16,18H,9-11H2,(H,19,20)/t16-/m1/s1. The van der Waals surface area contributed by atoms with E-state index in [0.717, 1.165) is 6.42 Å². The number of carboxylic acids is 1. The highest BCUT2D eigenvalue weighted by Gasteiger charge is 2.25. The topological polar surface area (TPSA) is 49.3 Å². The zero-order valence-corrected chi connectivity index (χ0v) is 11.2. The van der Waals surface area contributed by atoms with Crippen LogP contribution >= 0.6 is 0 Å². The molecule has 0 aromatic heterocycles. The van der Waals surface area contributed by atoms with Gasteiger partial charge in [-0.05, 0) is 35.1 Å². The average molecular weight is 267 g/mol. The van der Waals surface area contributed by atoms with Gasteiger partial charge in [-0.25, -0.2) is 0 Å². The fourth-order valence-corrected chi connectivity index (χ4v) is 2.78. The molecule has 1 aliphatic rings. The zero-order valence-electron chi connectivity index (χ0n) is 11.2. The Kier molecular flexibility index (Phi) is 3.52. The van der Waals surface area contributed by atoms with E-state index < -0.39 is 12.0 Å². The van der Waals surface area contributed by atoms with Crippen LogP contribution in [0, 0.1) is 0 Å². The molecule has 0 aliphatic carbocycles. The number of nitrogens with one attached hydrogen (secondary N) is 1. The second-order valence-electron chi connectivity index (χ2n) is 5.19. The maximum absolute atomic E-state index is 11.2. The monoisotopic (exact) mass is 267 g/mol. The molecular weight excluding hydrogens is 250 g/mol. The van der Waals surface area contributed by atoms with Crippen LogP contribution in [0.5, 0.6) is 0 Å². The number of carbonyl (C=O) groups is 1. The van der Waals surface area contributed by atoms with Crippen molar-refractivity contribution < 1.29 is 9.90 Å². The molecule has 0 bridgehead atoms. The van der Waals surface area contributed by atoms with E-state index >= 15 is 0 Å². The minimum Gasteiger partial charge on any atom is -0.480 e. The van der Waals surface area contributed by atoms with E-state index in [1.54, 1.807) is 0 Å². The lowest BCUT2D eigenvalue weighted by Gasteiger charge is -2.25. The van der Waals surface area contributed by atoms with Gasteiger partial charge in [-0.15, -0.1) is 0 Å². The summed E-state index contributed by atoms with van der Waals surface area (Å²) in [6.45, 7) is 0.634. The molecule has 1 heterocycles. The van der Waals surface area contributed by atoms with Crippen molar-refractivity contribution in [1.29, 1.82) is 0 Å². The predicted octanol–water partition coefficient (Wildman–Crippen LogP) is 2.38. The summed E-state index contributed by atoms with van der Waals surface area (Å²) in [6.07, 6.45) is 1.42. The molecule has 0 radical (unpaired) electrons. The third kappa shape index (κ3) is 2.58. The van der Waals surface area contributed by atoms with Crippen LogP contribution in [0.4, 0.5) is 0 Å². The summed E-state index contributed by atoms with van der Waals surface area (Å²) in [5.41, 5.74) is 4.91. The quantitative estimate of drug-likeness (QED) is 0.897. The van der Waals surface area contributed by atoms with Gasteiger partial charge in [-0.1, -0.05) is 48.5 Å². The van der Waals surface area contributed by atoms with Crippen molar-refractivity contribution in [3.63, 3.8) is 0 Å². The van der Waals surface area contributed by atoms with Crippen molar-refractivity contribution in [3.8, 4) is 0 Å². The van der Waals surface area contributed by atoms with Crippen molar-refractivity contribution in [2.24, 2.45) is 0 Å². The molecule has 2 N–H and O–H groups in total. The number of hydrogen-bond acceptors (Lipinski definition) is 2. The van der Waals surface area contributed by atoms with E-state index in [0.29, 0.717) is 13.0 Å². The third-order valence-electron chi connectivity index (χ3n) is 3.85. The predicted molar refractivity (Wildman–Crippen MR) is 77.7 cm³/mol. The molecule has 20 heavy (non-hydrogen) atoms. The highest BCUT2D eigenvalue weighted by Crippen LogP contribution is 2.23.